The summed E-state index contributed by atoms with van der Waals surface area (Å²) in [5.41, 5.74) is 3.79. The molecule has 0 spiro atoms. The second kappa shape index (κ2) is 4.15. The number of hydrogen-bond acceptors (Lipinski definition) is 4. The van der Waals surface area contributed by atoms with E-state index in [1.807, 2.05) is 19.9 Å². The van der Waals surface area contributed by atoms with E-state index >= 15 is 0 Å². The molecule has 6 heteroatoms. The van der Waals surface area contributed by atoms with Crippen molar-refractivity contribution in [3.63, 3.8) is 0 Å². The highest BCUT2D eigenvalue weighted by Crippen LogP contribution is 2.58. The van der Waals surface area contributed by atoms with Gasteiger partial charge in [0.1, 0.15) is 0 Å². The molecule has 2 aromatic heterocycles. The van der Waals surface area contributed by atoms with Crippen molar-refractivity contribution in [2.75, 3.05) is 0 Å². The Hall–Kier alpha value is -2.24. The number of nitrogens with zero attached hydrogens (tertiary/aromatic N) is 4. The molecular weight excluding hydrogens is 280 g/mol. The predicted octanol–water partition coefficient (Wildman–Crippen LogP) is 2.52. The molecule has 2 aliphatic rings. The van der Waals surface area contributed by atoms with Gasteiger partial charge in [-0.2, -0.15) is 5.10 Å². The van der Waals surface area contributed by atoms with Gasteiger partial charge < -0.3 is 5.11 Å². The summed E-state index contributed by atoms with van der Waals surface area (Å²) in [5, 5.41) is 13.9. The first kappa shape index (κ1) is 13.4. The lowest BCUT2D eigenvalue weighted by atomic mass is 9.85. The van der Waals surface area contributed by atoms with Crippen LogP contribution in [0.15, 0.2) is 6.07 Å². The zero-order valence-electron chi connectivity index (χ0n) is 12.9. The first-order valence-corrected chi connectivity index (χ1v) is 7.58. The zero-order valence-corrected chi connectivity index (χ0v) is 12.9. The molecule has 1 N–H and O–H groups in total. The molecule has 0 aliphatic heterocycles. The number of aromatic carboxylic acids is 1. The summed E-state index contributed by atoms with van der Waals surface area (Å²) >= 11 is 0. The largest absolute Gasteiger partial charge is 0.476 e. The Morgan fingerprint density at radius 3 is 2.68 bits per heavy atom. The molecule has 114 valence electrons. The molecular formula is C16H18N4O2. The molecule has 2 aromatic rings. The average molecular weight is 298 g/mol. The number of carbonyl (C=O) groups is 1. The van der Waals surface area contributed by atoms with E-state index < -0.39 is 5.97 Å². The zero-order chi connectivity index (χ0) is 15.6. The summed E-state index contributed by atoms with van der Waals surface area (Å²) in [6.07, 6.45) is 3.12. The minimum absolute atomic E-state index is 0.0122. The number of aryl methyl sites for hydroxylation is 2. The molecule has 22 heavy (non-hydrogen) atoms. The quantitative estimate of drug-likeness (QED) is 0.921. The fourth-order valence-corrected chi connectivity index (χ4v) is 4.20. The van der Waals surface area contributed by atoms with Crippen molar-refractivity contribution in [3.05, 3.63) is 34.4 Å². The number of rotatable bonds is 2. The predicted molar refractivity (Wildman–Crippen MR) is 79.5 cm³/mol. The molecule has 0 radical (unpaired) electrons. The molecule has 6 nitrogen and oxygen atoms in total. The number of hydrogen-bond donors (Lipinski definition) is 1. The summed E-state index contributed by atoms with van der Waals surface area (Å²) in [7, 11) is 0. The second-order valence-electron chi connectivity index (χ2n) is 6.78. The van der Waals surface area contributed by atoms with Gasteiger partial charge in [-0.05, 0) is 45.1 Å². The first-order chi connectivity index (χ1) is 10.4. The third kappa shape index (κ3) is 1.66. The fraction of sp³-hybridized carbons (Fsp3) is 0.500. The lowest BCUT2D eigenvalue weighted by Gasteiger charge is -2.23. The average Bonchev–Trinajstić information content (AvgIpc) is 3.05. The lowest BCUT2D eigenvalue weighted by Crippen LogP contribution is -2.22. The van der Waals surface area contributed by atoms with Gasteiger partial charge in [-0.25, -0.2) is 19.4 Å². The normalized spacial score (nSPS) is 25.5. The molecule has 0 aromatic carbocycles. The van der Waals surface area contributed by atoms with Crippen molar-refractivity contribution in [1.29, 1.82) is 0 Å². The fourth-order valence-electron chi connectivity index (χ4n) is 4.20. The van der Waals surface area contributed by atoms with Crippen molar-refractivity contribution < 1.29 is 9.90 Å². The van der Waals surface area contributed by atoms with Crippen LogP contribution in [0.2, 0.25) is 0 Å². The van der Waals surface area contributed by atoms with E-state index in [1.165, 1.54) is 0 Å². The van der Waals surface area contributed by atoms with E-state index in [9.17, 15) is 9.90 Å². The van der Waals surface area contributed by atoms with E-state index in [1.54, 1.807) is 4.68 Å². The third-order valence-corrected chi connectivity index (χ3v) is 5.01. The van der Waals surface area contributed by atoms with Crippen LogP contribution in [0.25, 0.3) is 5.95 Å². The summed E-state index contributed by atoms with van der Waals surface area (Å²) in [6, 6.07) is 1.90. The number of fused-ring (bicyclic) bond motifs is 5. The van der Waals surface area contributed by atoms with Crippen LogP contribution >= 0.6 is 0 Å². The first-order valence-electron chi connectivity index (χ1n) is 7.58. The van der Waals surface area contributed by atoms with Gasteiger partial charge in [-0.1, -0.05) is 6.92 Å². The van der Waals surface area contributed by atoms with Crippen molar-refractivity contribution in [3.8, 4) is 5.95 Å². The summed E-state index contributed by atoms with van der Waals surface area (Å²) in [4.78, 5) is 20.5. The van der Waals surface area contributed by atoms with Gasteiger partial charge in [0.2, 0.25) is 0 Å². The van der Waals surface area contributed by atoms with Crippen LogP contribution in [-0.4, -0.2) is 30.8 Å². The number of aromatic nitrogens is 4. The van der Waals surface area contributed by atoms with Crippen molar-refractivity contribution in [2.45, 2.75) is 51.4 Å². The second-order valence-corrected chi connectivity index (χ2v) is 6.78. The van der Waals surface area contributed by atoms with Crippen molar-refractivity contribution >= 4 is 5.97 Å². The van der Waals surface area contributed by atoms with Gasteiger partial charge in [0, 0.05) is 22.4 Å². The molecule has 4 rings (SSSR count). The van der Waals surface area contributed by atoms with Crippen molar-refractivity contribution in [2.24, 2.45) is 0 Å². The highest BCUT2D eigenvalue weighted by Gasteiger charge is 2.51. The Kier molecular flexibility index (Phi) is 2.53. The SMILES string of the molecule is Cc1cc(C)nc(-n2nc(C(=O)O)c3c2C2(C)CCC3C2)n1. The molecule has 2 heterocycles. The summed E-state index contributed by atoms with van der Waals surface area (Å²) < 4.78 is 1.68. The Labute approximate surface area is 128 Å². The van der Waals surface area contributed by atoms with Crippen LogP contribution < -0.4 is 0 Å². The van der Waals surface area contributed by atoms with Crippen LogP contribution in [0.4, 0.5) is 0 Å². The molecule has 2 unspecified atom stereocenters. The highest BCUT2D eigenvalue weighted by molar-refractivity contribution is 5.88. The maximum atomic E-state index is 11.6. The smallest absolute Gasteiger partial charge is 0.356 e. The van der Waals surface area contributed by atoms with Gasteiger partial charge in [-0.15, -0.1) is 0 Å². The van der Waals surface area contributed by atoms with E-state index in [0.29, 0.717) is 11.9 Å². The van der Waals surface area contributed by atoms with E-state index in [2.05, 4.69) is 22.0 Å². The van der Waals surface area contributed by atoms with Gasteiger partial charge in [0.15, 0.2) is 5.69 Å². The monoisotopic (exact) mass is 298 g/mol. The Morgan fingerprint density at radius 2 is 2.05 bits per heavy atom. The van der Waals surface area contributed by atoms with Crippen LogP contribution in [0.1, 0.15) is 65.2 Å². The van der Waals surface area contributed by atoms with Gasteiger partial charge in [-0.3, -0.25) is 0 Å². The summed E-state index contributed by atoms with van der Waals surface area (Å²) in [5.74, 6) is -0.170. The van der Waals surface area contributed by atoms with E-state index in [4.69, 9.17) is 0 Å². The Morgan fingerprint density at radius 1 is 1.36 bits per heavy atom. The molecule has 0 saturated heterocycles. The maximum absolute atomic E-state index is 11.6. The van der Waals surface area contributed by atoms with Crippen molar-refractivity contribution in [1.82, 2.24) is 19.7 Å². The number of carboxylic acid groups (broad SMARTS) is 1. The molecule has 2 bridgehead atoms. The van der Waals surface area contributed by atoms with E-state index in [0.717, 1.165) is 41.9 Å². The standard InChI is InChI=1S/C16H18N4O2/c1-8-6-9(2)18-15(17-8)20-13-11(12(19-20)14(21)22)10-4-5-16(13,3)7-10/h6,10H,4-5,7H2,1-3H3,(H,21,22). The Bertz CT molecular complexity index is 790. The molecule has 0 amide bonds. The van der Waals surface area contributed by atoms with E-state index in [-0.39, 0.29) is 11.1 Å². The van der Waals surface area contributed by atoms with Crippen LogP contribution in [0, 0.1) is 13.8 Å². The van der Waals surface area contributed by atoms with Gasteiger partial charge >= 0.3 is 5.97 Å². The van der Waals surface area contributed by atoms with Crippen LogP contribution in [0.5, 0.6) is 0 Å². The molecule has 1 saturated carbocycles. The Balaban J connectivity index is 2.01. The minimum Gasteiger partial charge on any atom is -0.476 e. The molecule has 2 atom stereocenters. The summed E-state index contributed by atoms with van der Waals surface area (Å²) in [6.45, 7) is 6.02. The van der Waals surface area contributed by atoms with Gasteiger partial charge in [0.25, 0.3) is 5.95 Å². The van der Waals surface area contributed by atoms with Crippen LogP contribution in [-0.2, 0) is 5.41 Å². The lowest BCUT2D eigenvalue weighted by molar-refractivity contribution is 0.0688. The van der Waals surface area contributed by atoms with Crippen LogP contribution in [0.3, 0.4) is 0 Å². The molecule has 2 aliphatic carbocycles. The highest BCUT2D eigenvalue weighted by atomic mass is 16.4. The topological polar surface area (TPSA) is 80.9 Å². The maximum Gasteiger partial charge on any atom is 0.356 e. The molecule has 1 fully saturated rings. The third-order valence-electron chi connectivity index (χ3n) is 5.01. The van der Waals surface area contributed by atoms with Gasteiger partial charge in [0.05, 0.1) is 5.69 Å². The number of carboxylic acids is 1. The minimum atomic E-state index is -0.962.